The Labute approximate surface area is 198 Å². The summed E-state index contributed by atoms with van der Waals surface area (Å²) in [6.45, 7) is 1.97. The molecule has 1 fully saturated rings. The van der Waals surface area contributed by atoms with Crippen LogP contribution in [0.1, 0.15) is 12.8 Å². The Hall–Kier alpha value is -3.85. The molecule has 4 aromatic rings. The number of nitrogens with zero attached hydrogens (tertiary/aromatic N) is 5. The van der Waals surface area contributed by atoms with E-state index in [2.05, 4.69) is 44.3 Å². The molecule has 9 nitrogen and oxygen atoms in total. The molecule has 0 aliphatic carbocycles. The van der Waals surface area contributed by atoms with Crippen LogP contribution in [0.2, 0.25) is 0 Å². The van der Waals surface area contributed by atoms with Crippen LogP contribution in [0.5, 0.6) is 5.75 Å². The highest BCUT2D eigenvalue weighted by molar-refractivity contribution is 5.90. The van der Waals surface area contributed by atoms with Crippen LogP contribution in [-0.2, 0) is 0 Å². The van der Waals surface area contributed by atoms with E-state index in [9.17, 15) is 0 Å². The molecule has 0 spiro atoms. The first kappa shape index (κ1) is 22.0. The van der Waals surface area contributed by atoms with Gasteiger partial charge >= 0.3 is 0 Å². The van der Waals surface area contributed by atoms with Gasteiger partial charge in [0.25, 0.3) is 0 Å². The molecule has 0 radical (unpaired) electrons. The number of para-hydroxylation sites is 1. The number of nitrogens with two attached hydrogens (primary N) is 1. The number of anilines is 4. The number of nitrogen functional groups attached to an aromatic ring is 1. The number of fused-ring (bicyclic) bond motifs is 1. The number of hydrogen-bond donors (Lipinski definition) is 2. The Kier molecular flexibility index (Phi) is 5.93. The molecule has 9 heteroatoms. The van der Waals surface area contributed by atoms with Gasteiger partial charge in [-0.15, -0.1) is 0 Å². The summed E-state index contributed by atoms with van der Waals surface area (Å²) in [5, 5.41) is 8.36. The van der Waals surface area contributed by atoms with E-state index >= 15 is 0 Å². The van der Waals surface area contributed by atoms with Crippen LogP contribution in [0.3, 0.4) is 0 Å². The third-order valence-electron chi connectivity index (χ3n) is 6.13. The molecule has 1 atom stereocenters. The second kappa shape index (κ2) is 9.18. The van der Waals surface area contributed by atoms with Gasteiger partial charge in [0.15, 0.2) is 5.58 Å². The lowest BCUT2D eigenvalue weighted by Crippen LogP contribution is -2.37. The van der Waals surface area contributed by atoms with E-state index in [1.54, 1.807) is 13.3 Å². The normalized spacial score (nSPS) is 15.9. The second-order valence-corrected chi connectivity index (χ2v) is 8.78. The molecule has 3 heterocycles. The van der Waals surface area contributed by atoms with E-state index in [0.717, 1.165) is 37.0 Å². The predicted octanol–water partition coefficient (Wildman–Crippen LogP) is 4.15. The van der Waals surface area contributed by atoms with E-state index < -0.39 is 0 Å². The Morgan fingerprint density at radius 3 is 2.91 bits per heavy atom. The molecule has 1 saturated heterocycles. The van der Waals surface area contributed by atoms with Crippen LogP contribution in [-0.4, -0.2) is 60.4 Å². The van der Waals surface area contributed by atoms with Gasteiger partial charge in [-0.1, -0.05) is 17.3 Å². The highest BCUT2D eigenvalue weighted by Gasteiger charge is 2.27. The molecule has 1 aliphatic heterocycles. The number of hydrogen-bond acceptors (Lipinski definition) is 9. The van der Waals surface area contributed by atoms with Crippen molar-refractivity contribution in [2.24, 2.45) is 0 Å². The van der Waals surface area contributed by atoms with Crippen molar-refractivity contribution in [1.29, 1.82) is 0 Å². The van der Waals surface area contributed by atoms with E-state index in [4.69, 9.17) is 15.0 Å². The summed E-state index contributed by atoms with van der Waals surface area (Å²) in [6, 6.07) is 13.8. The zero-order chi connectivity index (χ0) is 23.7. The first-order valence-corrected chi connectivity index (χ1v) is 11.4. The summed E-state index contributed by atoms with van der Waals surface area (Å²) in [4.78, 5) is 13.6. The molecule has 5 rings (SSSR count). The van der Waals surface area contributed by atoms with Crippen LogP contribution in [0.4, 0.5) is 23.0 Å². The van der Waals surface area contributed by atoms with Crippen molar-refractivity contribution in [1.82, 2.24) is 20.0 Å². The minimum atomic E-state index is 0.418. The zero-order valence-electron chi connectivity index (χ0n) is 19.7. The first-order valence-electron chi connectivity index (χ1n) is 11.4. The van der Waals surface area contributed by atoms with Crippen molar-refractivity contribution < 1.29 is 9.26 Å². The molecule has 176 valence electrons. The quantitative estimate of drug-likeness (QED) is 0.394. The number of benzene rings is 2. The van der Waals surface area contributed by atoms with E-state index in [-0.39, 0.29) is 0 Å². The largest absolute Gasteiger partial charge is 0.494 e. The highest BCUT2D eigenvalue weighted by atomic mass is 16.5. The predicted molar refractivity (Wildman–Crippen MR) is 135 cm³/mol. The Balaban J connectivity index is 1.44. The van der Waals surface area contributed by atoms with Crippen molar-refractivity contribution in [3.63, 3.8) is 0 Å². The average Bonchev–Trinajstić information content (AvgIpc) is 3.46. The van der Waals surface area contributed by atoms with Crippen molar-refractivity contribution in [2.75, 3.05) is 50.2 Å². The van der Waals surface area contributed by atoms with E-state index in [1.165, 1.54) is 0 Å². The molecule has 2 aromatic heterocycles. The van der Waals surface area contributed by atoms with E-state index in [1.807, 2.05) is 42.5 Å². The maximum atomic E-state index is 6.53. The second-order valence-electron chi connectivity index (χ2n) is 8.78. The number of ether oxygens (including phenoxy) is 1. The monoisotopic (exact) mass is 459 g/mol. The Bertz CT molecular complexity index is 1300. The third kappa shape index (κ3) is 4.22. The molecule has 2 aromatic carbocycles. The van der Waals surface area contributed by atoms with Crippen LogP contribution in [0.25, 0.3) is 22.4 Å². The topological polar surface area (TPSA) is 106 Å². The lowest BCUT2D eigenvalue weighted by molar-refractivity contribution is 0.372. The van der Waals surface area contributed by atoms with Gasteiger partial charge in [0.05, 0.1) is 35.3 Å². The fraction of sp³-hybridized carbons (Fsp3) is 0.320. The maximum absolute atomic E-state index is 6.53. The molecular formula is C25H29N7O2. The minimum absolute atomic E-state index is 0.418. The number of methoxy groups -OCH3 is 1. The Morgan fingerprint density at radius 2 is 2.09 bits per heavy atom. The fourth-order valence-electron chi connectivity index (χ4n) is 4.61. The number of rotatable bonds is 7. The number of likely N-dealkylation sites (N-methyl/N-ethyl adjacent to an activating group) is 1. The van der Waals surface area contributed by atoms with Gasteiger partial charge in [-0.2, -0.15) is 0 Å². The molecule has 0 saturated carbocycles. The molecule has 34 heavy (non-hydrogen) atoms. The van der Waals surface area contributed by atoms with Crippen molar-refractivity contribution >= 4 is 34.0 Å². The summed E-state index contributed by atoms with van der Waals surface area (Å²) in [6.07, 6.45) is 3.99. The fourth-order valence-corrected chi connectivity index (χ4v) is 4.61. The minimum Gasteiger partial charge on any atom is -0.494 e. The Morgan fingerprint density at radius 1 is 1.24 bits per heavy atom. The zero-order valence-corrected chi connectivity index (χ0v) is 19.7. The van der Waals surface area contributed by atoms with Crippen LogP contribution >= 0.6 is 0 Å². The summed E-state index contributed by atoms with van der Waals surface area (Å²) in [7, 11) is 5.85. The van der Waals surface area contributed by atoms with Gasteiger partial charge < -0.3 is 30.1 Å². The third-order valence-corrected chi connectivity index (χ3v) is 6.13. The lowest BCUT2D eigenvalue weighted by atomic mass is 10.1. The maximum Gasteiger partial charge on any atom is 0.227 e. The molecule has 3 N–H and O–H groups in total. The average molecular weight is 460 g/mol. The summed E-state index contributed by atoms with van der Waals surface area (Å²) >= 11 is 0. The smallest absolute Gasteiger partial charge is 0.227 e. The number of nitrogens with one attached hydrogen (secondary N) is 1. The van der Waals surface area contributed by atoms with Gasteiger partial charge in [0.2, 0.25) is 5.95 Å². The van der Waals surface area contributed by atoms with E-state index in [0.29, 0.717) is 46.1 Å². The van der Waals surface area contributed by atoms with Crippen LogP contribution in [0, 0.1) is 0 Å². The van der Waals surface area contributed by atoms with Gasteiger partial charge in [-0.05, 0) is 51.2 Å². The molecule has 1 aliphatic rings. The van der Waals surface area contributed by atoms with Gasteiger partial charge in [0.1, 0.15) is 11.4 Å². The summed E-state index contributed by atoms with van der Waals surface area (Å²) < 4.78 is 11.1. The first-order chi connectivity index (χ1) is 16.5. The molecular weight excluding hydrogens is 430 g/mol. The molecule has 0 amide bonds. The number of aromatic nitrogens is 3. The van der Waals surface area contributed by atoms with Gasteiger partial charge in [-0.25, -0.2) is 9.97 Å². The highest BCUT2D eigenvalue weighted by Crippen LogP contribution is 2.39. The SMILES string of the molecule is COc1cc(N2CCCC2CN(C)C)c(N)cc1Nc1nccc(-c2noc3ccccc23)n1. The lowest BCUT2D eigenvalue weighted by Gasteiger charge is -2.30. The summed E-state index contributed by atoms with van der Waals surface area (Å²) in [5.41, 5.74) is 11.0. The summed E-state index contributed by atoms with van der Waals surface area (Å²) in [5.74, 6) is 1.10. The molecule has 0 bridgehead atoms. The molecule has 1 unspecified atom stereocenters. The van der Waals surface area contributed by atoms with Gasteiger partial charge in [-0.3, -0.25) is 0 Å². The van der Waals surface area contributed by atoms with Gasteiger partial charge in [0, 0.05) is 31.4 Å². The van der Waals surface area contributed by atoms with Crippen LogP contribution in [0.15, 0.2) is 53.2 Å². The standard InChI is InChI=1S/C25H29N7O2/c1-31(2)15-16-7-6-12-32(16)21-14-23(33-3)20(13-18(21)26)29-25-27-11-10-19(28-25)24-17-8-4-5-9-22(17)34-30-24/h4-5,8-11,13-14,16H,6-7,12,15,26H2,1-3H3,(H,27,28,29). The van der Waals surface area contributed by atoms with Crippen molar-refractivity contribution in [2.45, 2.75) is 18.9 Å². The van der Waals surface area contributed by atoms with Crippen molar-refractivity contribution in [3.05, 3.63) is 48.7 Å². The van der Waals surface area contributed by atoms with Crippen LogP contribution < -0.4 is 20.7 Å². The van der Waals surface area contributed by atoms with Crippen molar-refractivity contribution in [3.8, 4) is 17.1 Å².